The number of carboxylic acid groups (broad SMARTS) is 1. The van der Waals surface area contributed by atoms with Gasteiger partial charge in [0.2, 0.25) is 0 Å². The molecule has 1 N–H and O–H groups in total. The quantitative estimate of drug-likeness (QED) is 0.856. The van der Waals surface area contributed by atoms with E-state index in [0.717, 1.165) is 42.4 Å². The Morgan fingerprint density at radius 2 is 2.16 bits per heavy atom. The second-order valence-corrected chi connectivity index (χ2v) is 6.03. The molecule has 1 aliphatic rings. The van der Waals surface area contributed by atoms with Gasteiger partial charge in [-0.2, -0.15) is 0 Å². The molecule has 104 valence electrons. The Balaban J connectivity index is 2.35. The van der Waals surface area contributed by atoms with Crippen molar-refractivity contribution in [1.82, 2.24) is 0 Å². The normalized spacial score (nSPS) is 20.1. The zero-order valence-corrected chi connectivity index (χ0v) is 12.4. The lowest BCUT2D eigenvalue weighted by molar-refractivity contribution is 0.0694. The molecule has 0 aromatic heterocycles. The first-order valence-corrected chi connectivity index (χ1v) is 8.01. The third kappa shape index (κ3) is 3.24. The molecule has 1 heterocycles. The van der Waals surface area contributed by atoms with Crippen LogP contribution in [0.4, 0.5) is 5.69 Å². The number of hydrogen-bond acceptors (Lipinski definition) is 3. The number of aromatic carboxylic acids is 1. The van der Waals surface area contributed by atoms with E-state index in [-0.39, 0.29) is 0 Å². The van der Waals surface area contributed by atoms with E-state index in [9.17, 15) is 9.90 Å². The minimum Gasteiger partial charge on any atom is -0.478 e. The molecule has 1 aliphatic heterocycles. The molecule has 0 bridgehead atoms. The maximum atomic E-state index is 11.6. The monoisotopic (exact) mass is 279 g/mol. The third-order valence-corrected chi connectivity index (χ3v) is 4.58. The lowest BCUT2D eigenvalue weighted by atomic mass is 10.0. The summed E-state index contributed by atoms with van der Waals surface area (Å²) in [7, 11) is 0. The number of hydrogen-bond donors (Lipinski definition) is 1. The summed E-state index contributed by atoms with van der Waals surface area (Å²) < 4.78 is 0. The topological polar surface area (TPSA) is 40.5 Å². The first kappa shape index (κ1) is 14.3. The van der Waals surface area contributed by atoms with Crippen LogP contribution in [0.3, 0.4) is 0 Å². The van der Waals surface area contributed by atoms with Crippen molar-refractivity contribution in [1.29, 1.82) is 0 Å². The number of thioether (sulfide) groups is 1. The molecule has 1 aromatic carbocycles. The van der Waals surface area contributed by atoms with Gasteiger partial charge >= 0.3 is 5.97 Å². The van der Waals surface area contributed by atoms with Gasteiger partial charge in [-0.3, -0.25) is 0 Å². The molecule has 4 heteroatoms. The summed E-state index contributed by atoms with van der Waals surface area (Å²) in [5.74, 6) is -0.0840. The van der Waals surface area contributed by atoms with Crippen LogP contribution in [0, 0.1) is 5.92 Å². The molecular formula is C15H21NO2S. The van der Waals surface area contributed by atoms with Crippen LogP contribution in [-0.2, 0) is 0 Å². The van der Waals surface area contributed by atoms with Crippen LogP contribution < -0.4 is 4.90 Å². The Kier molecular flexibility index (Phi) is 4.75. The van der Waals surface area contributed by atoms with Crippen LogP contribution in [0.1, 0.15) is 36.5 Å². The minimum atomic E-state index is -0.822. The molecule has 0 aliphatic carbocycles. The summed E-state index contributed by atoms with van der Waals surface area (Å²) in [5.41, 5.74) is 1.35. The standard InChI is InChI=1S/C15H21NO2S/c1-11-5-4-9-16(10-8-11)12-6-3-7-13(19-2)14(12)15(17)18/h3,6-7,11H,4-5,8-10H2,1-2H3,(H,17,18). The number of carbonyl (C=O) groups is 1. The van der Waals surface area contributed by atoms with Crippen molar-refractivity contribution in [2.24, 2.45) is 5.92 Å². The van der Waals surface area contributed by atoms with E-state index in [4.69, 9.17) is 0 Å². The second-order valence-electron chi connectivity index (χ2n) is 5.18. The number of anilines is 1. The molecule has 3 nitrogen and oxygen atoms in total. The smallest absolute Gasteiger partial charge is 0.338 e. The summed E-state index contributed by atoms with van der Waals surface area (Å²) >= 11 is 1.50. The highest BCUT2D eigenvalue weighted by Crippen LogP contribution is 2.31. The zero-order valence-electron chi connectivity index (χ0n) is 11.6. The number of nitrogens with zero attached hydrogens (tertiary/aromatic N) is 1. The second kappa shape index (κ2) is 6.33. The Morgan fingerprint density at radius 1 is 1.37 bits per heavy atom. The molecule has 19 heavy (non-hydrogen) atoms. The summed E-state index contributed by atoms with van der Waals surface area (Å²) in [6.07, 6.45) is 5.45. The van der Waals surface area contributed by atoms with Crippen molar-refractivity contribution in [3.63, 3.8) is 0 Å². The van der Waals surface area contributed by atoms with Crippen LogP contribution >= 0.6 is 11.8 Å². The predicted octanol–water partition coefficient (Wildman–Crippen LogP) is 3.73. The average molecular weight is 279 g/mol. The predicted molar refractivity (Wildman–Crippen MR) is 80.4 cm³/mol. The van der Waals surface area contributed by atoms with Gasteiger partial charge in [-0.25, -0.2) is 4.79 Å². The average Bonchev–Trinajstić information content (AvgIpc) is 2.62. The molecule has 0 amide bonds. The summed E-state index contributed by atoms with van der Waals surface area (Å²) in [6.45, 7) is 4.20. The van der Waals surface area contributed by atoms with E-state index in [1.165, 1.54) is 18.2 Å². The SMILES string of the molecule is CSc1cccc(N2CCCC(C)CC2)c1C(=O)O. The summed E-state index contributed by atoms with van der Waals surface area (Å²) in [6, 6.07) is 5.79. The van der Waals surface area contributed by atoms with Crippen molar-refractivity contribution in [3.05, 3.63) is 23.8 Å². The highest BCUT2D eigenvalue weighted by atomic mass is 32.2. The minimum absolute atomic E-state index is 0.463. The molecule has 0 spiro atoms. The first-order valence-electron chi connectivity index (χ1n) is 6.78. The molecule has 1 saturated heterocycles. The Labute approximate surface area is 119 Å². The molecule has 1 atom stereocenters. The van der Waals surface area contributed by atoms with Gasteiger partial charge in [0, 0.05) is 18.0 Å². The lowest BCUT2D eigenvalue weighted by Gasteiger charge is -2.25. The van der Waals surface area contributed by atoms with Crippen molar-refractivity contribution < 1.29 is 9.90 Å². The van der Waals surface area contributed by atoms with Gasteiger partial charge in [-0.15, -0.1) is 11.8 Å². The van der Waals surface area contributed by atoms with Crippen molar-refractivity contribution in [2.75, 3.05) is 24.2 Å². The maximum absolute atomic E-state index is 11.6. The Bertz CT molecular complexity index is 461. The van der Waals surface area contributed by atoms with Gasteiger partial charge in [0.15, 0.2) is 0 Å². The van der Waals surface area contributed by atoms with Crippen LogP contribution in [-0.4, -0.2) is 30.4 Å². The molecule has 1 aromatic rings. The number of benzene rings is 1. The highest BCUT2D eigenvalue weighted by molar-refractivity contribution is 7.98. The van der Waals surface area contributed by atoms with Crippen LogP contribution in [0.2, 0.25) is 0 Å². The van der Waals surface area contributed by atoms with Crippen LogP contribution in [0.5, 0.6) is 0 Å². The van der Waals surface area contributed by atoms with Gasteiger partial charge in [0.25, 0.3) is 0 Å². The zero-order chi connectivity index (χ0) is 13.8. The molecule has 1 unspecified atom stereocenters. The highest BCUT2D eigenvalue weighted by Gasteiger charge is 2.21. The summed E-state index contributed by atoms with van der Waals surface area (Å²) in [4.78, 5) is 14.6. The fraction of sp³-hybridized carbons (Fsp3) is 0.533. The van der Waals surface area contributed by atoms with Crippen molar-refractivity contribution in [2.45, 2.75) is 31.1 Å². The molecule has 0 radical (unpaired) electrons. The molecule has 1 fully saturated rings. The maximum Gasteiger partial charge on any atom is 0.338 e. The Hall–Kier alpha value is -1.16. The fourth-order valence-corrected chi connectivity index (χ4v) is 3.28. The van der Waals surface area contributed by atoms with Gasteiger partial charge < -0.3 is 10.0 Å². The van der Waals surface area contributed by atoms with Crippen molar-refractivity contribution in [3.8, 4) is 0 Å². The fourth-order valence-electron chi connectivity index (χ4n) is 2.67. The van der Waals surface area contributed by atoms with Crippen molar-refractivity contribution >= 4 is 23.4 Å². The largest absolute Gasteiger partial charge is 0.478 e. The van der Waals surface area contributed by atoms with E-state index in [1.54, 1.807) is 0 Å². The molecular weight excluding hydrogens is 258 g/mol. The van der Waals surface area contributed by atoms with E-state index in [1.807, 2.05) is 24.5 Å². The van der Waals surface area contributed by atoms with E-state index < -0.39 is 5.97 Å². The van der Waals surface area contributed by atoms with E-state index >= 15 is 0 Å². The first-order chi connectivity index (χ1) is 9.13. The molecule has 0 saturated carbocycles. The van der Waals surface area contributed by atoms with E-state index in [2.05, 4.69) is 11.8 Å². The van der Waals surface area contributed by atoms with Gasteiger partial charge in [0.1, 0.15) is 0 Å². The van der Waals surface area contributed by atoms with Crippen LogP contribution in [0.25, 0.3) is 0 Å². The third-order valence-electron chi connectivity index (χ3n) is 3.80. The van der Waals surface area contributed by atoms with Gasteiger partial charge in [0.05, 0.1) is 11.3 Å². The van der Waals surface area contributed by atoms with Crippen LogP contribution in [0.15, 0.2) is 23.1 Å². The van der Waals surface area contributed by atoms with E-state index in [0.29, 0.717) is 5.56 Å². The van der Waals surface area contributed by atoms with Gasteiger partial charge in [-0.05, 0) is 43.6 Å². The lowest BCUT2D eigenvalue weighted by Crippen LogP contribution is -2.26. The number of carboxylic acids is 1. The Morgan fingerprint density at radius 3 is 2.84 bits per heavy atom. The summed E-state index contributed by atoms with van der Waals surface area (Å²) in [5, 5.41) is 9.49. The number of rotatable bonds is 3. The molecule has 2 rings (SSSR count). The van der Waals surface area contributed by atoms with Gasteiger partial charge in [-0.1, -0.05) is 13.0 Å².